The van der Waals surface area contributed by atoms with Gasteiger partial charge in [0.05, 0.1) is 9.26 Å². The fourth-order valence-corrected chi connectivity index (χ4v) is 2.50. The Balaban J connectivity index is 2.06. The Kier molecular flexibility index (Phi) is 3.84. The van der Waals surface area contributed by atoms with E-state index >= 15 is 0 Å². The lowest BCUT2D eigenvalue weighted by molar-refractivity contribution is -0.120. The zero-order chi connectivity index (χ0) is 13.3. The van der Waals surface area contributed by atoms with Gasteiger partial charge in [0.2, 0.25) is 11.8 Å². The van der Waals surface area contributed by atoms with Gasteiger partial charge in [-0.2, -0.15) is 0 Å². The lowest BCUT2D eigenvalue weighted by Crippen LogP contribution is -2.23. The van der Waals surface area contributed by atoms with Crippen LogP contribution in [-0.2, 0) is 4.79 Å². The van der Waals surface area contributed by atoms with Crippen molar-refractivity contribution in [3.8, 4) is 0 Å². The molecule has 98 valence electrons. The van der Waals surface area contributed by atoms with Crippen molar-refractivity contribution in [2.45, 2.75) is 25.2 Å². The summed E-state index contributed by atoms with van der Waals surface area (Å²) in [5, 5.41) is 2.51. The maximum Gasteiger partial charge on any atom is 0.248 e. The van der Waals surface area contributed by atoms with Gasteiger partial charge in [0.25, 0.3) is 0 Å². The first-order chi connectivity index (χ1) is 8.39. The Hall–Kier alpha value is -0.790. The van der Waals surface area contributed by atoms with Crippen LogP contribution in [0.3, 0.4) is 0 Å². The second-order valence-electron chi connectivity index (χ2n) is 4.39. The van der Waals surface area contributed by atoms with Gasteiger partial charge in [0.15, 0.2) is 0 Å². The lowest BCUT2D eigenvalue weighted by atomic mass is 10.1. The van der Waals surface area contributed by atoms with Crippen molar-refractivity contribution in [1.29, 1.82) is 0 Å². The minimum atomic E-state index is -2.75. The summed E-state index contributed by atoms with van der Waals surface area (Å²) >= 11 is 1.77. The molecule has 18 heavy (non-hydrogen) atoms. The van der Waals surface area contributed by atoms with Crippen LogP contribution < -0.4 is 5.32 Å². The summed E-state index contributed by atoms with van der Waals surface area (Å²) in [6, 6.07) is 4.30. The fourth-order valence-electron chi connectivity index (χ4n) is 2.01. The highest BCUT2D eigenvalue weighted by atomic mass is 127. The fraction of sp³-hybridized carbons (Fsp3) is 0.417. The van der Waals surface area contributed by atoms with Gasteiger partial charge in [-0.25, -0.2) is 13.2 Å². The molecule has 0 heterocycles. The molecular weight excluding hydrogens is 358 g/mol. The molecule has 0 bridgehead atoms. The van der Waals surface area contributed by atoms with Gasteiger partial charge in [0, 0.05) is 18.8 Å². The maximum atomic E-state index is 13.3. The van der Waals surface area contributed by atoms with Crippen LogP contribution in [0.1, 0.15) is 19.3 Å². The number of amides is 1. The van der Waals surface area contributed by atoms with Gasteiger partial charge < -0.3 is 5.32 Å². The number of hydrogen-bond donors (Lipinski definition) is 1. The van der Waals surface area contributed by atoms with E-state index in [9.17, 15) is 18.0 Å². The van der Waals surface area contributed by atoms with E-state index in [2.05, 4.69) is 5.32 Å². The van der Waals surface area contributed by atoms with Crippen LogP contribution in [0.25, 0.3) is 0 Å². The van der Waals surface area contributed by atoms with Crippen molar-refractivity contribution in [3.63, 3.8) is 0 Å². The van der Waals surface area contributed by atoms with Gasteiger partial charge in [-0.15, -0.1) is 0 Å². The van der Waals surface area contributed by atoms with Crippen molar-refractivity contribution >= 4 is 34.2 Å². The minimum Gasteiger partial charge on any atom is -0.325 e. The molecule has 1 aliphatic rings. The molecule has 1 aromatic carbocycles. The molecule has 1 atom stereocenters. The van der Waals surface area contributed by atoms with Crippen LogP contribution in [-0.4, -0.2) is 11.8 Å². The van der Waals surface area contributed by atoms with E-state index in [-0.39, 0.29) is 16.4 Å². The van der Waals surface area contributed by atoms with E-state index in [1.165, 1.54) is 12.1 Å². The summed E-state index contributed by atoms with van der Waals surface area (Å²) in [7, 11) is 0. The molecule has 1 aromatic rings. The highest BCUT2D eigenvalue weighted by molar-refractivity contribution is 14.1. The molecule has 6 heteroatoms. The van der Waals surface area contributed by atoms with E-state index < -0.39 is 30.0 Å². The zero-order valence-electron chi connectivity index (χ0n) is 9.35. The van der Waals surface area contributed by atoms with Gasteiger partial charge in [-0.3, -0.25) is 4.79 Å². The molecule has 0 radical (unpaired) electrons. The van der Waals surface area contributed by atoms with Gasteiger partial charge in [-0.1, -0.05) is 6.07 Å². The van der Waals surface area contributed by atoms with Crippen LogP contribution in [0, 0.1) is 15.3 Å². The van der Waals surface area contributed by atoms with Crippen LogP contribution in [0.2, 0.25) is 0 Å². The number of anilines is 1. The first kappa shape index (κ1) is 13.6. The Bertz CT molecular complexity index is 478. The van der Waals surface area contributed by atoms with Crippen molar-refractivity contribution in [3.05, 3.63) is 27.6 Å². The third kappa shape index (κ3) is 2.96. The highest BCUT2D eigenvalue weighted by Gasteiger charge is 2.42. The molecule has 1 aliphatic carbocycles. The average Bonchev–Trinajstić information content (AvgIpc) is 2.65. The third-order valence-corrected chi connectivity index (χ3v) is 4.08. The van der Waals surface area contributed by atoms with Gasteiger partial charge >= 0.3 is 0 Å². The molecule has 1 unspecified atom stereocenters. The predicted molar refractivity (Wildman–Crippen MR) is 70.0 cm³/mol. The Morgan fingerprint density at radius 1 is 1.44 bits per heavy atom. The first-order valence-electron chi connectivity index (χ1n) is 5.52. The van der Waals surface area contributed by atoms with Crippen molar-refractivity contribution in [2.75, 3.05) is 5.32 Å². The zero-order valence-corrected chi connectivity index (χ0v) is 11.5. The number of nitrogens with one attached hydrogen (secondary N) is 1. The van der Waals surface area contributed by atoms with E-state index in [1.54, 1.807) is 28.7 Å². The van der Waals surface area contributed by atoms with Crippen LogP contribution in [0.4, 0.5) is 18.9 Å². The quantitative estimate of drug-likeness (QED) is 0.790. The third-order valence-electron chi connectivity index (χ3n) is 2.98. The maximum absolute atomic E-state index is 13.3. The van der Waals surface area contributed by atoms with Crippen molar-refractivity contribution < 1.29 is 18.0 Å². The molecule has 0 spiro atoms. The van der Waals surface area contributed by atoms with Crippen LogP contribution in [0.15, 0.2) is 18.2 Å². The normalized spacial score (nSPS) is 21.9. The van der Waals surface area contributed by atoms with Crippen molar-refractivity contribution in [2.24, 2.45) is 5.92 Å². The largest absolute Gasteiger partial charge is 0.325 e. The SMILES string of the molecule is O=C(Nc1cccc(F)c1I)C1CCC(F)(F)C1. The molecule has 2 nitrogen and oxygen atoms in total. The van der Waals surface area contributed by atoms with E-state index in [4.69, 9.17) is 0 Å². The Morgan fingerprint density at radius 3 is 2.78 bits per heavy atom. The minimum absolute atomic E-state index is 0.171. The monoisotopic (exact) mass is 369 g/mol. The molecule has 1 saturated carbocycles. The molecule has 0 aromatic heterocycles. The topological polar surface area (TPSA) is 29.1 Å². The standard InChI is InChI=1S/C12H11F3INO/c13-8-2-1-3-9(10(8)16)17-11(18)7-4-5-12(14,15)6-7/h1-3,7H,4-6H2,(H,17,18). The molecule has 0 aliphatic heterocycles. The summed E-state index contributed by atoms with van der Waals surface area (Å²) in [5.41, 5.74) is 0.329. The smallest absolute Gasteiger partial charge is 0.248 e. The van der Waals surface area contributed by atoms with Gasteiger partial charge in [0.1, 0.15) is 5.82 Å². The van der Waals surface area contributed by atoms with Crippen LogP contribution >= 0.6 is 22.6 Å². The van der Waals surface area contributed by atoms with Gasteiger partial charge in [-0.05, 0) is 41.1 Å². The molecule has 1 amide bonds. The first-order valence-corrected chi connectivity index (χ1v) is 6.60. The lowest BCUT2D eigenvalue weighted by Gasteiger charge is -2.12. The Labute approximate surface area is 116 Å². The summed E-state index contributed by atoms with van der Waals surface area (Å²) < 4.78 is 39.5. The molecule has 2 rings (SSSR count). The Morgan fingerprint density at radius 2 is 2.17 bits per heavy atom. The number of halogens is 4. The number of hydrogen-bond acceptors (Lipinski definition) is 1. The average molecular weight is 369 g/mol. The van der Waals surface area contributed by atoms with E-state index in [0.29, 0.717) is 5.69 Å². The van der Waals surface area contributed by atoms with Crippen molar-refractivity contribution in [1.82, 2.24) is 0 Å². The number of benzene rings is 1. The highest BCUT2D eigenvalue weighted by Crippen LogP contribution is 2.39. The molecule has 0 saturated heterocycles. The van der Waals surface area contributed by atoms with E-state index in [0.717, 1.165) is 0 Å². The molecular formula is C12H11F3INO. The van der Waals surface area contributed by atoms with Crippen LogP contribution in [0.5, 0.6) is 0 Å². The summed E-state index contributed by atoms with van der Waals surface area (Å²) in [6.45, 7) is 0. The predicted octanol–water partition coefficient (Wildman–Crippen LogP) is 3.80. The molecule has 1 N–H and O–H groups in total. The second-order valence-corrected chi connectivity index (χ2v) is 5.47. The summed E-state index contributed by atoms with van der Waals surface area (Å²) in [6.07, 6.45) is -0.513. The number of alkyl halides is 2. The summed E-state index contributed by atoms with van der Waals surface area (Å²) in [4.78, 5) is 11.8. The summed E-state index contributed by atoms with van der Waals surface area (Å²) in [5.74, 6) is -4.35. The molecule has 1 fully saturated rings. The second kappa shape index (κ2) is 5.07. The number of carbonyl (C=O) groups is 1. The number of rotatable bonds is 2. The van der Waals surface area contributed by atoms with E-state index in [1.807, 2.05) is 0 Å². The number of carbonyl (C=O) groups excluding carboxylic acids is 1.